The van der Waals surface area contributed by atoms with Crippen LogP contribution in [0.2, 0.25) is 0 Å². The zero-order valence-electron chi connectivity index (χ0n) is 19.6. The van der Waals surface area contributed by atoms with Gasteiger partial charge in [0.15, 0.2) is 6.29 Å². The molecule has 2 aliphatic heterocycles. The Kier molecular flexibility index (Phi) is 8.71. The van der Waals surface area contributed by atoms with E-state index in [2.05, 4.69) is 30.6 Å². The van der Waals surface area contributed by atoms with Crippen LogP contribution in [0, 0.1) is 28.6 Å². The largest absolute Gasteiger partial charge is 0.465 e. The predicted octanol–water partition coefficient (Wildman–Crippen LogP) is 2.92. The van der Waals surface area contributed by atoms with E-state index >= 15 is 0 Å². The van der Waals surface area contributed by atoms with Gasteiger partial charge < -0.3 is 30.3 Å². The molecule has 33 heavy (non-hydrogen) atoms. The summed E-state index contributed by atoms with van der Waals surface area (Å²) in [6, 6.07) is 11.8. The Hall–Kier alpha value is -2.18. The maximum absolute atomic E-state index is 12.0. The van der Waals surface area contributed by atoms with Gasteiger partial charge in [-0.2, -0.15) is 5.26 Å². The summed E-state index contributed by atoms with van der Waals surface area (Å²) >= 11 is 0. The summed E-state index contributed by atoms with van der Waals surface area (Å²) in [6.07, 6.45) is 0.894. The maximum Gasteiger partial charge on any atom is 0.405 e. The monoisotopic (exact) mass is 459 g/mol. The molecule has 4 N–H and O–H groups in total. The third-order valence-corrected chi connectivity index (χ3v) is 7.06. The van der Waals surface area contributed by atoms with Crippen molar-refractivity contribution in [2.45, 2.75) is 63.9 Å². The van der Waals surface area contributed by atoms with Gasteiger partial charge in [-0.25, -0.2) is 4.79 Å². The van der Waals surface area contributed by atoms with Crippen molar-refractivity contribution >= 4 is 6.09 Å². The summed E-state index contributed by atoms with van der Waals surface area (Å²) in [6.45, 7) is 6.05. The molecule has 8 heteroatoms. The van der Waals surface area contributed by atoms with Gasteiger partial charge in [-0.05, 0) is 36.7 Å². The van der Waals surface area contributed by atoms with Crippen LogP contribution in [0.15, 0.2) is 30.3 Å². The molecule has 182 valence electrons. The quantitative estimate of drug-likeness (QED) is 0.354. The second-order valence-electron chi connectivity index (χ2n) is 10.1. The van der Waals surface area contributed by atoms with Crippen LogP contribution in [0.25, 0.3) is 0 Å². The van der Waals surface area contributed by atoms with Gasteiger partial charge in [-0.15, -0.1) is 0 Å². The number of carboxylic acid groups (broad SMARTS) is 1. The smallest absolute Gasteiger partial charge is 0.405 e. The molecule has 0 saturated carbocycles. The van der Waals surface area contributed by atoms with Crippen LogP contribution >= 0.6 is 0 Å². The molecule has 1 aromatic rings. The molecule has 0 spiro atoms. The van der Waals surface area contributed by atoms with Crippen LogP contribution in [0.4, 0.5) is 4.79 Å². The molecule has 1 amide bonds. The first-order valence-electron chi connectivity index (χ1n) is 11.8. The first kappa shape index (κ1) is 25.4. The van der Waals surface area contributed by atoms with E-state index in [1.807, 2.05) is 30.3 Å². The minimum atomic E-state index is -1.16. The fourth-order valence-electron chi connectivity index (χ4n) is 5.31. The van der Waals surface area contributed by atoms with Crippen molar-refractivity contribution in [3.8, 4) is 6.07 Å². The molecule has 2 heterocycles. The van der Waals surface area contributed by atoms with Crippen LogP contribution < -0.4 is 10.6 Å². The van der Waals surface area contributed by atoms with Gasteiger partial charge in [0, 0.05) is 31.3 Å². The van der Waals surface area contributed by atoms with Crippen molar-refractivity contribution in [3.63, 3.8) is 0 Å². The highest BCUT2D eigenvalue weighted by Gasteiger charge is 2.55. The number of rotatable bonds is 12. The van der Waals surface area contributed by atoms with Crippen LogP contribution in [-0.4, -0.2) is 60.5 Å². The Bertz CT molecular complexity index is 812. The summed E-state index contributed by atoms with van der Waals surface area (Å²) in [7, 11) is 0. The van der Waals surface area contributed by atoms with Crippen molar-refractivity contribution in [2.75, 3.05) is 26.3 Å². The number of ether oxygens (including phenoxy) is 2. The average molecular weight is 460 g/mol. The summed E-state index contributed by atoms with van der Waals surface area (Å²) in [5.74, 6) is -0.195. The molecule has 0 aromatic heterocycles. The SMILES string of the molecule is CC(C)(CCCC#N)CNC[C@@H](O)[C@@](Cc1ccccc1)(NC(=O)O)[C@@H]1CO[C@H]2OCC[C@H]21. The third-order valence-electron chi connectivity index (χ3n) is 7.06. The standard InChI is InChI=1S/C25H37N3O5/c1-24(2,11-6-7-12-26)17-27-15-21(29)25(28-23(30)31,14-18-8-4-3-5-9-18)20-16-33-22-19(20)10-13-32-22/h3-5,8-9,19-22,27-29H,6-7,10-11,13-17H2,1-2H3,(H,30,31)/t19-,20+,21+,22+,25-/m0/s1. The van der Waals surface area contributed by atoms with Crippen molar-refractivity contribution in [1.29, 1.82) is 5.26 Å². The Morgan fingerprint density at radius 3 is 2.76 bits per heavy atom. The van der Waals surface area contributed by atoms with Gasteiger partial charge in [-0.3, -0.25) is 0 Å². The highest BCUT2D eigenvalue weighted by Crippen LogP contribution is 2.44. The molecule has 0 radical (unpaired) electrons. The number of benzene rings is 1. The predicted molar refractivity (Wildman–Crippen MR) is 123 cm³/mol. The molecule has 5 atom stereocenters. The zero-order chi connectivity index (χ0) is 23.9. The first-order chi connectivity index (χ1) is 15.8. The minimum Gasteiger partial charge on any atom is -0.465 e. The van der Waals surface area contributed by atoms with E-state index in [1.54, 1.807) is 0 Å². The fourth-order valence-corrected chi connectivity index (χ4v) is 5.31. The Balaban J connectivity index is 1.80. The minimum absolute atomic E-state index is 0.0256. The number of hydrogen-bond donors (Lipinski definition) is 4. The molecule has 2 fully saturated rings. The molecule has 0 unspecified atom stereocenters. The highest BCUT2D eigenvalue weighted by molar-refractivity contribution is 5.66. The number of hydrogen-bond acceptors (Lipinski definition) is 6. The average Bonchev–Trinajstić information content (AvgIpc) is 3.37. The first-order valence-corrected chi connectivity index (χ1v) is 11.8. The summed E-state index contributed by atoms with van der Waals surface area (Å²) < 4.78 is 11.6. The number of unbranched alkanes of at least 4 members (excludes halogenated alkanes) is 1. The second-order valence-corrected chi connectivity index (χ2v) is 10.1. The van der Waals surface area contributed by atoms with Gasteiger partial charge in [-0.1, -0.05) is 44.2 Å². The number of amides is 1. The van der Waals surface area contributed by atoms with Crippen LogP contribution in [0.5, 0.6) is 0 Å². The molecular weight excluding hydrogens is 422 g/mol. The summed E-state index contributed by atoms with van der Waals surface area (Å²) in [4.78, 5) is 12.0. The van der Waals surface area contributed by atoms with E-state index in [0.29, 0.717) is 32.6 Å². The Labute approximate surface area is 196 Å². The molecule has 0 bridgehead atoms. The lowest BCUT2D eigenvalue weighted by Gasteiger charge is -2.44. The number of nitriles is 1. The molecule has 0 aliphatic carbocycles. The van der Waals surface area contributed by atoms with Crippen LogP contribution in [-0.2, 0) is 15.9 Å². The Morgan fingerprint density at radius 1 is 1.30 bits per heavy atom. The van der Waals surface area contributed by atoms with Gasteiger partial charge in [0.05, 0.1) is 30.9 Å². The van der Waals surface area contributed by atoms with E-state index in [-0.39, 0.29) is 30.1 Å². The van der Waals surface area contributed by atoms with Crippen molar-refractivity contribution < 1.29 is 24.5 Å². The molecule has 2 saturated heterocycles. The molecule has 2 aliphatic rings. The molecule has 3 rings (SSSR count). The number of carbonyl (C=O) groups is 1. The fraction of sp³-hybridized carbons (Fsp3) is 0.680. The van der Waals surface area contributed by atoms with Crippen molar-refractivity contribution in [1.82, 2.24) is 10.6 Å². The van der Waals surface area contributed by atoms with E-state index in [9.17, 15) is 15.0 Å². The lowest BCUT2D eigenvalue weighted by atomic mass is 9.69. The van der Waals surface area contributed by atoms with Crippen molar-refractivity contribution in [3.05, 3.63) is 35.9 Å². The van der Waals surface area contributed by atoms with Gasteiger partial charge in [0.2, 0.25) is 0 Å². The molecular formula is C25H37N3O5. The lowest BCUT2D eigenvalue weighted by Crippen LogP contribution is -2.66. The van der Waals surface area contributed by atoms with Gasteiger partial charge >= 0.3 is 6.09 Å². The van der Waals surface area contributed by atoms with Crippen LogP contribution in [0.3, 0.4) is 0 Å². The van der Waals surface area contributed by atoms with E-state index < -0.39 is 17.7 Å². The summed E-state index contributed by atoms with van der Waals surface area (Å²) in [5.41, 5.74) is -0.220. The van der Waals surface area contributed by atoms with E-state index in [0.717, 1.165) is 24.8 Å². The topological polar surface area (TPSA) is 124 Å². The Morgan fingerprint density at radius 2 is 2.06 bits per heavy atom. The zero-order valence-corrected chi connectivity index (χ0v) is 19.6. The van der Waals surface area contributed by atoms with Gasteiger partial charge in [0.25, 0.3) is 0 Å². The normalized spacial score (nSPS) is 25.1. The number of aliphatic hydroxyl groups is 1. The second kappa shape index (κ2) is 11.3. The summed E-state index contributed by atoms with van der Waals surface area (Å²) in [5, 5.41) is 36.2. The number of aliphatic hydroxyl groups excluding tert-OH is 1. The van der Waals surface area contributed by atoms with E-state index in [1.165, 1.54) is 0 Å². The number of nitrogens with one attached hydrogen (secondary N) is 2. The highest BCUT2D eigenvalue weighted by atomic mass is 16.7. The number of fused-ring (bicyclic) bond motifs is 1. The maximum atomic E-state index is 12.0. The molecule has 8 nitrogen and oxygen atoms in total. The van der Waals surface area contributed by atoms with Crippen LogP contribution in [0.1, 0.15) is 45.1 Å². The molecule has 1 aromatic carbocycles. The van der Waals surface area contributed by atoms with Gasteiger partial charge in [0.1, 0.15) is 0 Å². The lowest BCUT2D eigenvalue weighted by molar-refractivity contribution is -0.0907. The van der Waals surface area contributed by atoms with Crippen molar-refractivity contribution in [2.24, 2.45) is 17.3 Å². The van der Waals surface area contributed by atoms with E-state index in [4.69, 9.17) is 14.7 Å². The third kappa shape index (κ3) is 6.45. The number of nitrogens with zero attached hydrogens (tertiary/aromatic N) is 1.